The second kappa shape index (κ2) is 5.66. The highest BCUT2D eigenvalue weighted by atomic mass is 16.3. The van der Waals surface area contributed by atoms with Crippen molar-refractivity contribution >= 4 is 5.82 Å². The van der Waals surface area contributed by atoms with Crippen LogP contribution in [0.2, 0.25) is 0 Å². The van der Waals surface area contributed by atoms with Crippen molar-refractivity contribution in [3.8, 4) is 0 Å². The Hall–Kier alpha value is -1.16. The van der Waals surface area contributed by atoms with Crippen LogP contribution in [-0.2, 0) is 6.61 Å². The molecular weight excluding hydrogens is 190 g/mol. The van der Waals surface area contributed by atoms with Crippen LogP contribution in [0.25, 0.3) is 0 Å². The lowest BCUT2D eigenvalue weighted by molar-refractivity contribution is 0.275. The van der Waals surface area contributed by atoms with Crippen LogP contribution in [0.5, 0.6) is 0 Å². The van der Waals surface area contributed by atoms with E-state index in [1.165, 1.54) is 0 Å². The van der Waals surface area contributed by atoms with Crippen LogP contribution < -0.4 is 4.90 Å². The molecule has 1 atom stereocenters. The zero-order valence-electron chi connectivity index (χ0n) is 9.64. The van der Waals surface area contributed by atoms with Crippen molar-refractivity contribution in [2.24, 2.45) is 0 Å². The van der Waals surface area contributed by atoms with Gasteiger partial charge in [0.05, 0.1) is 12.3 Å². The highest BCUT2D eigenvalue weighted by Crippen LogP contribution is 2.14. The van der Waals surface area contributed by atoms with E-state index in [0.29, 0.717) is 11.7 Å². The molecule has 0 aliphatic carbocycles. The first kappa shape index (κ1) is 11.9. The normalized spacial score (nSPS) is 12.5. The summed E-state index contributed by atoms with van der Waals surface area (Å²) in [5, 5.41) is 16.9. The van der Waals surface area contributed by atoms with Crippen LogP contribution in [0.1, 0.15) is 32.9 Å². The van der Waals surface area contributed by atoms with Gasteiger partial charge in [-0.15, -0.1) is 5.10 Å². The minimum Gasteiger partial charge on any atom is -0.390 e. The van der Waals surface area contributed by atoms with Gasteiger partial charge in [0, 0.05) is 12.6 Å². The van der Waals surface area contributed by atoms with Gasteiger partial charge in [0.1, 0.15) is 0 Å². The molecule has 1 aromatic rings. The maximum atomic E-state index is 8.86. The molecule has 1 N–H and O–H groups in total. The molecule has 1 heterocycles. The first-order valence-corrected chi connectivity index (χ1v) is 5.43. The Bertz CT molecular complexity index is 286. The van der Waals surface area contributed by atoms with Crippen LogP contribution in [0.15, 0.2) is 12.1 Å². The van der Waals surface area contributed by atoms with Crippen LogP contribution in [-0.4, -0.2) is 27.9 Å². The van der Waals surface area contributed by atoms with Gasteiger partial charge in [-0.05, 0) is 32.4 Å². The van der Waals surface area contributed by atoms with E-state index >= 15 is 0 Å². The number of aromatic nitrogens is 2. The van der Waals surface area contributed by atoms with E-state index in [9.17, 15) is 0 Å². The fourth-order valence-electron chi connectivity index (χ4n) is 1.51. The Balaban J connectivity index is 2.83. The smallest absolute Gasteiger partial charge is 0.151 e. The predicted molar refractivity (Wildman–Crippen MR) is 60.7 cm³/mol. The van der Waals surface area contributed by atoms with E-state index in [1.807, 2.05) is 12.1 Å². The molecule has 1 rings (SSSR count). The minimum atomic E-state index is -0.0528. The first-order valence-electron chi connectivity index (χ1n) is 5.43. The van der Waals surface area contributed by atoms with Gasteiger partial charge >= 0.3 is 0 Å². The van der Waals surface area contributed by atoms with Crippen molar-refractivity contribution in [1.29, 1.82) is 0 Å². The van der Waals surface area contributed by atoms with Crippen molar-refractivity contribution < 1.29 is 5.11 Å². The molecule has 84 valence electrons. The number of aliphatic hydroxyl groups is 1. The van der Waals surface area contributed by atoms with E-state index in [-0.39, 0.29) is 6.61 Å². The Morgan fingerprint density at radius 2 is 2.07 bits per heavy atom. The van der Waals surface area contributed by atoms with Crippen LogP contribution in [0.4, 0.5) is 5.82 Å². The molecule has 1 aromatic heterocycles. The van der Waals surface area contributed by atoms with Crippen molar-refractivity contribution in [1.82, 2.24) is 10.2 Å². The number of aliphatic hydroxyl groups excluding tert-OH is 1. The average Bonchev–Trinajstić information content (AvgIpc) is 2.30. The first-order chi connectivity index (χ1) is 7.22. The lowest BCUT2D eigenvalue weighted by Crippen LogP contribution is -2.33. The van der Waals surface area contributed by atoms with Gasteiger partial charge in [0.15, 0.2) is 5.82 Å². The summed E-state index contributed by atoms with van der Waals surface area (Å²) in [6.07, 6.45) is 1.08. The third-order valence-electron chi connectivity index (χ3n) is 2.63. The zero-order chi connectivity index (χ0) is 11.3. The van der Waals surface area contributed by atoms with Crippen molar-refractivity contribution in [2.45, 2.75) is 39.8 Å². The molecule has 0 spiro atoms. The summed E-state index contributed by atoms with van der Waals surface area (Å²) < 4.78 is 0. The summed E-state index contributed by atoms with van der Waals surface area (Å²) in [7, 11) is 0. The largest absolute Gasteiger partial charge is 0.390 e. The number of nitrogens with zero attached hydrogens (tertiary/aromatic N) is 3. The van der Waals surface area contributed by atoms with Crippen LogP contribution >= 0.6 is 0 Å². The third-order valence-corrected chi connectivity index (χ3v) is 2.63. The van der Waals surface area contributed by atoms with Crippen molar-refractivity contribution in [2.75, 3.05) is 11.4 Å². The number of anilines is 1. The molecule has 0 aliphatic rings. The Morgan fingerprint density at radius 1 is 1.33 bits per heavy atom. The highest BCUT2D eigenvalue weighted by Gasteiger charge is 2.12. The van der Waals surface area contributed by atoms with E-state index in [4.69, 9.17) is 5.11 Å². The second-order valence-electron chi connectivity index (χ2n) is 3.58. The molecule has 0 amide bonds. The summed E-state index contributed by atoms with van der Waals surface area (Å²) in [6, 6.07) is 4.19. The second-order valence-corrected chi connectivity index (χ2v) is 3.58. The highest BCUT2D eigenvalue weighted by molar-refractivity contribution is 5.38. The molecule has 0 bridgehead atoms. The van der Waals surface area contributed by atoms with Crippen LogP contribution in [0.3, 0.4) is 0 Å². The molecule has 0 aliphatic heterocycles. The molecule has 0 radical (unpaired) electrons. The molecule has 15 heavy (non-hydrogen) atoms. The molecule has 0 saturated heterocycles. The predicted octanol–water partition coefficient (Wildman–Crippen LogP) is 1.59. The van der Waals surface area contributed by atoms with Gasteiger partial charge in [0.2, 0.25) is 0 Å². The quantitative estimate of drug-likeness (QED) is 0.800. The molecule has 0 aromatic carbocycles. The van der Waals surface area contributed by atoms with Gasteiger partial charge in [-0.1, -0.05) is 6.92 Å². The Morgan fingerprint density at radius 3 is 2.47 bits per heavy atom. The average molecular weight is 209 g/mol. The lowest BCUT2D eigenvalue weighted by atomic mass is 10.2. The molecule has 4 heteroatoms. The van der Waals surface area contributed by atoms with Crippen molar-refractivity contribution in [3.05, 3.63) is 17.8 Å². The Labute approximate surface area is 90.9 Å². The minimum absolute atomic E-state index is 0.0528. The molecule has 1 unspecified atom stereocenters. The zero-order valence-corrected chi connectivity index (χ0v) is 9.64. The van der Waals surface area contributed by atoms with Gasteiger partial charge in [-0.25, -0.2) is 0 Å². The van der Waals surface area contributed by atoms with Crippen LogP contribution in [0, 0.1) is 0 Å². The van der Waals surface area contributed by atoms with E-state index < -0.39 is 0 Å². The molecule has 0 saturated carbocycles. The lowest BCUT2D eigenvalue weighted by Gasteiger charge is -2.27. The van der Waals surface area contributed by atoms with E-state index in [2.05, 4.69) is 35.9 Å². The summed E-state index contributed by atoms with van der Waals surface area (Å²) in [5.41, 5.74) is 0.610. The van der Waals surface area contributed by atoms with Gasteiger partial charge in [0.25, 0.3) is 0 Å². The fourth-order valence-corrected chi connectivity index (χ4v) is 1.51. The number of hydrogen-bond acceptors (Lipinski definition) is 4. The summed E-state index contributed by atoms with van der Waals surface area (Å²) in [5.74, 6) is 0.879. The molecule has 0 fully saturated rings. The third kappa shape index (κ3) is 2.89. The van der Waals surface area contributed by atoms with Gasteiger partial charge < -0.3 is 10.0 Å². The SMILES string of the molecule is CCC(C)N(CC)c1ccc(CO)nn1. The Kier molecular flexibility index (Phi) is 4.49. The van der Waals surface area contributed by atoms with E-state index in [1.54, 1.807) is 0 Å². The fraction of sp³-hybridized carbons (Fsp3) is 0.636. The number of hydrogen-bond donors (Lipinski definition) is 1. The van der Waals surface area contributed by atoms with Crippen molar-refractivity contribution in [3.63, 3.8) is 0 Å². The summed E-state index contributed by atoms with van der Waals surface area (Å²) >= 11 is 0. The van der Waals surface area contributed by atoms with Gasteiger partial charge in [-0.3, -0.25) is 0 Å². The number of rotatable bonds is 5. The standard InChI is InChI=1S/C11H19N3O/c1-4-9(3)14(5-2)11-7-6-10(8-15)12-13-11/h6-7,9,15H,4-5,8H2,1-3H3. The van der Waals surface area contributed by atoms with E-state index in [0.717, 1.165) is 18.8 Å². The monoisotopic (exact) mass is 209 g/mol. The summed E-state index contributed by atoms with van der Waals surface area (Å²) in [4.78, 5) is 2.20. The van der Waals surface area contributed by atoms with Gasteiger partial charge in [-0.2, -0.15) is 5.10 Å². The maximum Gasteiger partial charge on any atom is 0.151 e. The molecule has 4 nitrogen and oxygen atoms in total. The summed E-state index contributed by atoms with van der Waals surface area (Å²) in [6.45, 7) is 7.30. The molecular formula is C11H19N3O. The topological polar surface area (TPSA) is 49.2 Å². The maximum absolute atomic E-state index is 8.86.